The van der Waals surface area contributed by atoms with Gasteiger partial charge in [0.1, 0.15) is 6.23 Å². The Morgan fingerprint density at radius 1 is 0.864 bits per heavy atom. The number of methoxy groups -OCH3 is 1. The smallest absolute Gasteiger partial charge is 0.123 e. The fraction of sp³-hybridized carbons (Fsp3) is 0.368. The lowest BCUT2D eigenvalue weighted by Crippen LogP contribution is -2.53. The first-order valence-electron chi connectivity index (χ1n) is 7.92. The Hall–Kier alpha value is -1.68. The fourth-order valence-corrected chi connectivity index (χ4v) is 3.05. The second-order valence-corrected chi connectivity index (χ2v) is 5.87. The molecule has 1 fully saturated rings. The van der Waals surface area contributed by atoms with E-state index in [-0.39, 0.29) is 6.23 Å². The number of hydrogen-bond donors (Lipinski definition) is 0. The van der Waals surface area contributed by atoms with Gasteiger partial charge < -0.3 is 4.74 Å². The number of rotatable bonds is 5. The maximum atomic E-state index is 5.73. The van der Waals surface area contributed by atoms with Crippen LogP contribution in [0.4, 0.5) is 0 Å². The van der Waals surface area contributed by atoms with Gasteiger partial charge >= 0.3 is 0 Å². The molecular formula is C19H24N2O. The lowest BCUT2D eigenvalue weighted by Gasteiger charge is -2.40. The van der Waals surface area contributed by atoms with Gasteiger partial charge in [-0.25, -0.2) is 0 Å². The highest BCUT2D eigenvalue weighted by Crippen LogP contribution is 2.16. The third-order valence-corrected chi connectivity index (χ3v) is 4.27. The van der Waals surface area contributed by atoms with Crippen molar-refractivity contribution in [3.8, 4) is 0 Å². The Bertz CT molecular complexity index is 558. The van der Waals surface area contributed by atoms with Gasteiger partial charge in [0.15, 0.2) is 0 Å². The van der Waals surface area contributed by atoms with Gasteiger partial charge in [-0.2, -0.15) is 0 Å². The van der Waals surface area contributed by atoms with Crippen molar-refractivity contribution in [2.75, 3.05) is 26.7 Å². The average Bonchev–Trinajstić information content (AvgIpc) is 2.58. The van der Waals surface area contributed by atoms with Crippen molar-refractivity contribution in [2.45, 2.75) is 19.3 Å². The summed E-state index contributed by atoms with van der Waals surface area (Å²) in [5, 5.41) is 0. The van der Waals surface area contributed by atoms with Crippen LogP contribution in [-0.4, -0.2) is 42.8 Å². The molecule has 0 saturated carbocycles. The van der Waals surface area contributed by atoms with Crippen molar-refractivity contribution in [1.29, 1.82) is 0 Å². The van der Waals surface area contributed by atoms with Gasteiger partial charge in [0.05, 0.1) is 0 Å². The Balaban J connectivity index is 1.59. The highest BCUT2D eigenvalue weighted by Gasteiger charge is 2.26. The van der Waals surface area contributed by atoms with Gasteiger partial charge in [0.2, 0.25) is 0 Å². The molecule has 22 heavy (non-hydrogen) atoms. The second kappa shape index (κ2) is 7.54. The first-order chi connectivity index (χ1) is 10.8. The van der Waals surface area contributed by atoms with Crippen LogP contribution in [0.3, 0.4) is 0 Å². The van der Waals surface area contributed by atoms with Crippen LogP contribution in [0.15, 0.2) is 60.7 Å². The molecule has 3 nitrogen and oxygen atoms in total. The lowest BCUT2D eigenvalue weighted by molar-refractivity contribution is -0.0870. The molecule has 0 aliphatic carbocycles. The third-order valence-electron chi connectivity index (χ3n) is 4.27. The summed E-state index contributed by atoms with van der Waals surface area (Å²) in [6, 6.07) is 21.3. The van der Waals surface area contributed by atoms with Crippen LogP contribution < -0.4 is 0 Å². The monoisotopic (exact) mass is 296 g/mol. The summed E-state index contributed by atoms with van der Waals surface area (Å²) in [4.78, 5) is 4.90. The Kier molecular flexibility index (Phi) is 5.22. The maximum Gasteiger partial charge on any atom is 0.123 e. The van der Waals surface area contributed by atoms with Crippen LogP contribution in [0.2, 0.25) is 0 Å². The molecule has 0 N–H and O–H groups in total. The minimum Gasteiger partial charge on any atom is -0.365 e. The molecule has 1 heterocycles. The number of hydrogen-bond acceptors (Lipinski definition) is 3. The molecule has 0 aromatic heterocycles. The summed E-state index contributed by atoms with van der Waals surface area (Å²) in [6.45, 7) is 5.04. The standard InChI is InChI=1S/C19H24N2O/c1-22-19-16-20(14-17-8-4-2-5-9-17)12-13-21(19)15-18-10-6-3-7-11-18/h2-11,19H,12-16H2,1H3. The zero-order valence-electron chi connectivity index (χ0n) is 13.2. The number of piperazine rings is 1. The average molecular weight is 296 g/mol. The largest absolute Gasteiger partial charge is 0.365 e. The molecule has 2 aromatic rings. The number of benzene rings is 2. The molecule has 0 amide bonds. The SMILES string of the molecule is COC1CN(Cc2ccccc2)CCN1Cc1ccccc1. The quantitative estimate of drug-likeness (QED) is 0.843. The van der Waals surface area contributed by atoms with E-state index in [1.54, 1.807) is 0 Å². The van der Waals surface area contributed by atoms with E-state index in [0.717, 1.165) is 32.7 Å². The molecule has 0 spiro atoms. The normalized spacial score (nSPS) is 20.1. The minimum atomic E-state index is 0.165. The van der Waals surface area contributed by atoms with Crippen LogP contribution in [-0.2, 0) is 17.8 Å². The zero-order chi connectivity index (χ0) is 15.2. The molecule has 116 valence electrons. The summed E-state index contributed by atoms with van der Waals surface area (Å²) in [7, 11) is 1.81. The molecule has 0 radical (unpaired) electrons. The topological polar surface area (TPSA) is 15.7 Å². The van der Waals surface area contributed by atoms with Crippen LogP contribution >= 0.6 is 0 Å². The van der Waals surface area contributed by atoms with Crippen molar-refractivity contribution in [3.05, 3.63) is 71.8 Å². The molecule has 2 aromatic carbocycles. The summed E-state index contributed by atoms with van der Waals surface area (Å²) >= 11 is 0. The first kappa shape index (κ1) is 15.2. The van der Waals surface area contributed by atoms with E-state index in [0.29, 0.717) is 0 Å². The summed E-state index contributed by atoms with van der Waals surface area (Å²) in [5.41, 5.74) is 2.72. The highest BCUT2D eigenvalue weighted by atomic mass is 16.5. The molecule has 1 atom stereocenters. The Morgan fingerprint density at radius 2 is 1.45 bits per heavy atom. The van der Waals surface area contributed by atoms with Crippen LogP contribution in [0, 0.1) is 0 Å². The predicted molar refractivity (Wildman–Crippen MR) is 89.4 cm³/mol. The lowest BCUT2D eigenvalue weighted by atomic mass is 10.1. The van der Waals surface area contributed by atoms with Gasteiger partial charge in [0.25, 0.3) is 0 Å². The van der Waals surface area contributed by atoms with Crippen molar-refractivity contribution in [2.24, 2.45) is 0 Å². The summed E-state index contributed by atoms with van der Waals surface area (Å²) in [5.74, 6) is 0. The fourth-order valence-electron chi connectivity index (χ4n) is 3.05. The van der Waals surface area contributed by atoms with Crippen molar-refractivity contribution < 1.29 is 4.74 Å². The van der Waals surface area contributed by atoms with Crippen molar-refractivity contribution in [1.82, 2.24) is 9.80 Å². The summed E-state index contributed by atoms with van der Waals surface area (Å²) < 4.78 is 5.73. The Morgan fingerprint density at radius 3 is 2.05 bits per heavy atom. The van der Waals surface area contributed by atoms with E-state index < -0.39 is 0 Å². The molecular weight excluding hydrogens is 272 g/mol. The van der Waals surface area contributed by atoms with Crippen molar-refractivity contribution >= 4 is 0 Å². The number of nitrogens with zero attached hydrogens (tertiary/aromatic N) is 2. The van der Waals surface area contributed by atoms with Crippen LogP contribution in [0.5, 0.6) is 0 Å². The predicted octanol–water partition coefficient (Wildman–Crippen LogP) is 2.98. The van der Waals surface area contributed by atoms with Crippen molar-refractivity contribution in [3.63, 3.8) is 0 Å². The molecule has 3 rings (SSSR count). The molecule has 1 aliphatic rings. The van der Waals surface area contributed by atoms with E-state index >= 15 is 0 Å². The molecule has 1 saturated heterocycles. The van der Waals surface area contributed by atoms with Crippen LogP contribution in [0.25, 0.3) is 0 Å². The van der Waals surface area contributed by atoms with E-state index in [1.807, 2.05) is 7.11 Å². The van der Waals surface area contributed by atoms with Gasteiger partial charge in [-0.1, -0.05) is 60.7 Å². The van der Waals surface area contributed by atoms with Gasteiger partial charge in [-0.05, 0) is 11.1 Å². The first-order valence-corrected chi connectivity index (χ1v) is 7.92. The maximum absolute atomic E-state index is 5.73. The van der Waals surface area contributed by atoms with Crippen LogP contribution in [0.1, 0.15) is 11.1 Å². The van der Waals surface area contributed by atoms with Gasteiger partial charge in [-0.3, -0.25) is 9.80 Å². The zero-order valence-corrected chi connectivity index (χ0v) is 13.2. The van der Waals surface area contributed by atoms with E-state index in [2.05, 4.69) is 70.5 Å². The highest BCUT2D eigenvalue weighted by molar-refractivity contribution is 5.16. The Labute approximate surface area is 133 Å². The number of ether oxygens (including phenoxy) is 1. The van der Waals surface area contributed by atoms with E-state index in [4.69, 9.17) is 4.74 Å². The third kappa shape index (κ3) is 3.95. The molecule has 0 bridgehead atoms. The minimum absolute atomic E-state index is 0.165. The molecule has 1 aliphatic heterocycles. The summed E-state index contributed by atoms with van der Waals surface area (Å²) in [6.07, 6.45) is 0.165. The van der Waals surface area contributed by atoms with Gasteiger partial charge in [0, 0.05) is 39.8 Å². The molecule has 1 unspecified atom stereocenters. The van der Waals surface area contributed by atoms with E-state index in [9.17, 15) is 0 Å². The van der Waals surface area contributed by atoms with Gasteiger partial charge in [-0.15, -0.1) is 0 Å². The molecule has 3 heteroatoms. The van der Waals surface area contributed by atoms with E-state index in [1.165, 1.54) is 11.1 Å². The second-order valence-electron chi connectivity index (χ2n) is 5.87.